The maximum atomic E-state index is 12.1. The molecule has 2 aromatic rings. The highest BCUT2D eigenvalue weighted by Crippen LogP contribution is 2.13. The van der Waals surface area contributed by atoms with Crippen molar-refractivity contribution < 1.29 is 9.53 Å². The lowest BCUT2D eigenvalue weighted by Crippen LogP contribution is -2.36. The van der Waals surface area contributed by atoms with Gasteiger partial charge in [-0.05, 0) is 12.8 Å². The Kier molecular flexibility index (Phi) is 4.83. The summed E-state index contributed by atoms with van der Waals surface area (Å²) in [5.74, 6) is -0.211. The zero-order valence-electron chi connectivity index (χ0n) is 12.8. The lowest BCUT2D eigenvalue weighted by Gasteiger charge is -2.11. The number of hydrogen-bond donors (Lipinski definition) is 1. The van der Waals surface area contributed by atoms with Gasteiger partial charge in [-0.1, -0.05) is 30.3 Å². The maximum absolute atomic E-state index is 12.1. The average Bonchev–Trinajstić information content (AvgIpc) is 3.09. The van der Waals surface area contributed by atoms with Gasteiger partial charge in [0.25, 0.3) is 5.56 Å². The van der Waals surface area contributed by atoms with Gasteiger partial charge >= 0.3 is 0 Å². The van der Waals surface area contributed by atoms with E-state index in [9.17, 15) is 9.59 Å². The van der Waals surface area contributed by atoms with Crippen LogP contribution in [0.25, 0.3) is 11.3 Å². The van der Waals surface area contributed by atoms with Crippen LogP contribution < -0.4 is 10.9 Å². The van der Waals surface area contributed by atoms with E-state index in [2.05, 4.69) is 10.3 Å². The van der Waals surface area contributed by atoms with Crippen LogP contribution in [-0.4, -0.2) is 34.7 Å². The molecule has 1 amide bonds. The average molecular weight is 313 g/mol. The molecule has 1 saturated heterocycles. The van der Waals surface area contributed by atoms with Crippen LogP contribution in [0.4, 0.5) is 0 Å². The van der Waals surface area contributed by atoms with E-state index in [-0.39, 0.29) is 24.1 Å². The van der Waals surface area contributed by atoms with Gasteiger partial charge in [0.15, 0.2) is 0 Å². The van der Waals surface area contributed by atoms with Gasteiger partial charge in [-0.15, -0.1) is 0 Å². The van der Waals surface area contributed by atoms with E-state index in [1.165, 1.54) is 17.0 Å². The fourth-order valence-electron chi connectivity index (χ4n) is 2.56. The number of benzene rings is 1. The molecule has 1 N–H and O–H groups in total. The fourth-order valence-corrected chi connectivity index (χ4v) is 2.56. The Bertz CT molecular complexity index is 721. The third-order valence-electron chi connectivity index (χ3n) is 3.81. The number of nitrogens with zero attached hydrogens (tertiary/aromatic N) is 2. The third kappa shape index (κ3) is 4.04. The molecule has 1 atom stereocenters. The molecule has 1 fully saturated rings. The van der Waals surface area contributed by atoms with Gasteiger partial charge in [0.1, 0.15) is 6.54 Å². The van der Waals surface area contributed by atoms with Crippen molar-refractivity contribution >= 4 is 5.91 Å². The zero-order chi connectivity index (χ0) is 16.1. The van der Waals surface area contributed by atoms with Gasteiger partial charge < -0.3 is 10.1 Å². The highest BCUT2D eigenvalue weighted by molar-refractivity contribution is 5.75. The molecule has 0 spiro atoms. The van der Waals surface area contributed by atoms with Crippen molar-refractivity contribution in [2.75, 3.05) is 13.2 Å². The summed E-state index contributed by atoms with van der Waals surface area (Å²) in [5.41, 5.74) is 1.23. The summed E-state index contributed by atoms with van der Waals surface area (Å²) in [6, 6.07) is 10.9. The smallest absolute Gasteiger partial charge is 0.254 e. The quantitative estimate of drug-likeness (QED) is 0.900. The maximum Gasteiger partial charge on any atom is 0.254 e. The van der Waals surface area contributed by atoms with E-state index in [4.69, 9.17) is 4.74 Å². The third-order valence-corrected chi connectivity index (χ3v) is 3.81. The summed E-state index contributed by atoms with van der Waals surface area (Å²) in [6.45, 7) is 1.21. The van der Waals surface area contributed by atoms with Crippen LogP contribution in [0.3, 0.4) is 0 Å². The van der Waals surface area contributed by atoms with E-state index in [1.54, 1.807) is 0 Å². The Morgan fingerprint density at radius 1 is 1.35 bits per heavy atom. The lowest BCUT2D eigenvalue weighted by atomic mass is 10.1. The van der Waals surface area contributed by atoms with Crippen LogP contribution in [0.1, 0.15) is 12.8 Å². The minimum Gasteiger partial charge on any atom is -0.376 e. The van der Waals surface area contributed by atoms with E-state index < -0.39 is 0 Å². The second kappa shape index (κ2) is 7.19. The highest BCUT2D eigenvalue weighted by Gasteiger charge is 2.16. The summed E-state index contributed by atoms with van der Waals surface area (Å²) >= 11 is 0. The number of hydrogen-bond acceptors (Lipinski definition) is 4. The molecule has 6 heteroatoms. The van der Waals surface area contributed by atoms with Crippen molar-refractivity contribution in [1.29, 1.82) is 0 Å². The van der Waals surface area contributed by atoms with Crippen molar-refractivity contribution in [3.63, 3.8) is 0 Å². The van der Waals surface area contributed by atoms with Gasteiger partial charge in [-0.2, -0.15) is 0 Å². The first-order valence-corrected chi connectivity index (χ1v) is 7.72. The Hall–Kier alpha value is -2.47. The molecule has 1 aliphatic rings. The van der Waals surface area contributed by atoms with Crippen LogP contribution in [0.5, 0.6) is 0 Å². The molecule has 0 bridgehead atoms. The van der Waals surface area contributed by atoms with Crippen molar-refractivity contribution in [3.8, 4) is 11.3 Å². The molecule has 0 unspecified atom stereocenters. The van der Waals surface area contributed by atoms with Crippen LogP contribution in [-0.2, 0) is 16.1 Å². The Morgan fingerprint density at radius 3 is 2.87 bits per heavy atom. The number of carbonyl (C=O) groups is 1. The van der Waals surface area contributed by atoms with Gasteiger partial charge in [-0.3, -0.25) is 14.2 Å². The number of rotatable bonds is 5. The standard InChI is InChI=1S/C17H19N3O3/c21-16(18-10-14-7-4-8-23-14)11-20-12-19-15(9-17(20)22)13-5-2-1-3-6-13/h1-3,5-6,9,12,14H,4,7-8,10-11H2,(H,18,21)/t14-/m0/s1. The normalized spacial score (nSPS) is 17.1. The van der Waals surface area contributed by atoms with Gasteiger partial charge in [-0.25, -0.2) is 4.98 Å². The molecule has 0 saturated carbocycles. The molecule has 120 valence electrons. The van der Waals surface area contributed by atoms with Crippen LogP contribution in [0.15, 0.2) is 47.5 Å². The first-order valence-electron chi connectivity index (χ1n) is 7.72. The largest absolute Gasteiger partial charge is 0.376 e. The van der Waals surface area contributed by atoms with E-state index in [1.807, 2.05) is 30.3 Å². The van der Waals surface area contributed by atoms with Gasteiger partial charge in [0, 0.05) is 24.8 Å². The fraction of sp³-hybridized carbons (Fsp3) is 0.353. The topological polar surface area (TPSA) is 73.2 Å². The van der Waals surface area contributed by atoms with Crippen molar-refractivity contribution in [2.45, 2.75) is 25.5 Å². The minimum atomic E-state index is -0.244. The molecule has 0 aliphatic carbocycles. The minimum absolute atomic E-state index is 0.0341. The Balaban J connectivity index is 1.62. The number of aromatic nitrogens is 2. The Morgan fingerprint density at radius 2 is 2.17 bits per heavy atom. The second-order valence-corrected chi connectivity index (χ2v) is 5.55. The Labute approximate surface area is 134 Å². The number of carbonyl (C=O) groups excluding carboxylic acids is 1. The molecule has 0 radical (unpaired) electrons. The first kappa shape index (κ1) is 15.4. The van der Waals surface area contributed by atoms with E-state index >= 15 is 0 Å². The molecular weight excluding hydrogens is 294 g/mol. The molecule has 1 aliphatic heterocycles. The monoisotopic (exact) mass is 313 g/mol. The number of ether oxygens (including phenoxy) is 1. The molecule has 3 rings (SSSR count). The SMILES string of the molecule is O=C(Cn1cnc(-c2ccccc2)cc1=O)NC[C@@H]1CCCO1. The second-order valence-electron chi connectivity index (χ2n) is 5.55. The summed E-state index contributed by atoms with van der Waals surface area (Å²) in [5, 5.41) is 2.80. The van der Waals surface area contributed by atoms with Crippen LogP contribution in [0.2, 0.25) is 0 Å². The molecule has 1 aromatic heterocycles. The summed E-state index contributed by atoms with van der Waals surface area (Å²) < 4.78 is 6.75. The van der Waals surface area contributed by atoms with E-state index in [0.717, 1.165) is 25.0 Å². The van der Waals surface area contributed by atoms with Crippen molar-refractivity contribution in [3.05, 3.63) is 53.1 Å². The predicted octanol–water partition coefficient (Wildman–Crippen LogP) is 1.21. The van der Waals surface area contributed by atoms with Gasteiger partial charge in [0.05, 0.1) is 18.1 Å². The molecule has 6 nitrogen and oxygen atoms in total. The number of nitrogens with one attached hydrogen (secondary N) is 1. The summed E-state index contributed by atoms with van der Waals surface area (Å²) in [4.78, 5) is 28.3. The van der Waals surface area contributed by atoms with Crippen LogP contribution >= 0.6 is 0 Å². The lowest BCUT2D eigenvalue weighted by molar-refractivity contribution is -0.122. The first-order chi connectivity index (χ1) is 11.2. The highest BCUT2D eigenvalue weighted by atomic mass is 16.5. The molecular formula is C17H19N3O3. The number of amides is 1. The summed E-state index contributed by atoms with van der Waals surface area (Å²) in [7, 11) is 0. The summed E-state index contributed by atoms with van der Waals surface area (Å²) in [6.07, 6.45) is 3.50. The molecule has 1 aromatic carbocycles. The van der Waals surface area contributed by atoms with Crippen molar-refractivity contribution in [1.82, 2.24) is 14.9 Å². The van der Waals surface area contributed by atoms with Crippen molar-refractivity contribution in [2.24, 2.45) is 0 Å². The van der Waals surface area contributed by atoms with Crippen LogP contribution in [0, 0.1) is 0 Å². The predicted molar refractivity (Wildman–Crippen MR) is 85.9 cm³/mol. The molecule has 23 heavy (non-hydrogen) atoms. The van der Waals surface area contributed by atoms with Gasteiger partial charge in [0.2, 0.25) is 5.91 Å². The zero-order valence-corrected chi connectivity index (χ0v) is 12.8. The van der Waals surface area contributed by atoms with E-state index in [0.29, 0.717) is 12.2 Å². The molecule has 2 heterocycles.